The summed E-state index contributed by atoms with van der Waals surface area (Å²) in [4.78, 5) is 2.35. The molecule has 1 heterocycles. The zero-order valence-corrected chi connectivity index (χ0v) is 12.4. The number of ether oxygens (including phenoxy) is 2. The van der Waals surface area contributed by atoms with E-state index in [2.05, 4.69) is 23.1 Å². The summed E-state index contributed by atoms with van der Waals surface area (Å²) in [5.74, 6) is 1.52. The van der Waals surface area contributed by atoms with Gasteiger partial charge in [-0.05, 0) is 41.8 Å². The van der Waals surface area contributed by atoms with Crippen molar-refractivity contribution in [3.63, 3.8) is 0 Å². The van der Waals surface area contributed by atoms with Gasteiger partial charge < -0.3 is 20.1 Å². The van der Waals surface area contributed by atoms with Gasteiger partial charge in [0.2, 0.25) is 0 Å². The van der Waals surface area contributed by atoms with Gasteiger partial charge in [-0.1, -0.05) is 12.1 Å². The topological polar surface area (TPSA) is 47.7 Å². The molecule has 0 bridgehead atoms. The average Bonchev–Trinajstić information content (AvgIpc) is 2.89. The van der Waals surface area contributed by atoms with E-state index >= 15 is 0 Å². The van der Waals surface area contributed by atoms with E-state index in [0.29, 0.717) is 0 Å². The number of hydrogen-bond donors (Lipinski definition) is 1. The normalized spacial score (nSPS) is 13.1. The van der Waals surface area contributed by atoms with Gasteiger partial charge in [0, 0.05) is 24.5 Å². The Morgan fingerprint density at radius 3 is 2.62 bits per heavy atom. The van der Waals surface area contributed by atoms with Crippen LogP contribution >= 0.6 is 0 Å². The molecule has 0 saturated heterocycles. The molecule has 2 aromatic rings. The van der Waals surface area contributed by atoms with Crippen LogP contribution in [0.4, 0.5) is 11.4 Å². The first-order valence-corrected chi connectivity index (χ1v) is 7.05. The van der Waals surface area contributed by atoms with E-state index in [1.54, 1.807) is 14.2 Å². The van der Waals surface area contributed by atoms with Gasteiger partial charge in [0.25, 0.3) is 0 Å². The lowest BCUT2D eigenvalue weighted by Gasteiger charge is -2.20. The Morgan fingerprint density at radius 1 is 1.05 bits per heavy atom. The van der Waals surface area contributed by atoms with Crippen LogP contribution in [0.15, 0.2) is 36.4 Å². The van der Waals surface area contributed by atoms with E-state index in [1.165, 1.54) is 16.8 Å². The lowest BCUT2D eigenvalue weighted by atomic mass is 10.1. The summed E-state index contributed by atoms with van der Waals surface area (Å²) < 4.78 is 10.6. The summed E-state index contributed by atoms with van der Waals surface area (Å²) in [6.45, 7) is 1.87. The van der Waals surface area contributed by atoms with Gasteiger partial charge in [-0.2, -0.15) is 0 Å². The number of nitrogens with two attached hydrogens (primary N) is 1. The van der Waals surface area contributed by atoms with E-state index in [1.807, 2.05) is 18.2 Å². The van der Waals surface area contributed by atoms with Gasteiger partial charge in [0.1, 0.15) is 0 Å². The lowest BCUT2D eigenvalue weighted by Crippen LogP contribution is -2.19. The Kier molecular flexibility index (Phi) is 3.60. The van der Waals surface area contributed by atoms with E-state index in [-0.39, 0.29) is 0 Å². The summed E-state index contributed by atoms with van der Waals surface area (Å²) in [6.07, 6.45) is 1.07. The molecular weight excluding hydrogens is 264 g/mol. The van der Waals surface area contributed by atoms with Crippen LogP contribution in [0, 0.1) is 0 Å². The molecule has 0 atom stereocenters. The quantitative estimate of drug-likeness (QED) is 0.877. The van der Waals surface area contributed by atoms with E-state index < -0.39 is 0 Å². The van der Waals surface area contributed by atoms with Gasteiger partial charge in [0.15, 0.2) is 11.5 Å². The molecule has 21 heavy (non-hydrogen) atoms. The first-order valence-electron chi connectivity index (χ1n) is 7.05. The minimum absolute atomic E-state index is 0.757. The molecule has 4 heteroatoms. The Bertz CT molecular complexity index is 655. The molecule has 0 fully saturated rings. The van der Waals surface area contributed by atoms with Gasteiger partial charge in [0.05, 0.1) is 14.2 Å². The molecule has 1 aliphatic rings. The van der Waals surface area contributed by atoms with Crippen LogP contribution in [0.25, 0.3) is 0 Å². The number of anilines is 2. The summed E-state index contributed by atoms with van der Waals surface area (Å²) in [5.41, 5.74) is 10.5. The van der Waals surface area contributed by atoms with Crippen LogP contribution in [0.5, 0.6) is 11.5 Å². The van der Waals surface area contributed by atoms with Crippen molar-refractivity contribution < 1.29 is 9.47 Å². The van der Waals surface area contributed by atoms with Crippen LogP contribution < -0.4 is 20.1 Å². The lowest BCUT2D eigenvalue weighted by molar-refractivity contribution is 0.354. The van der Waals surface area contributed by atoms with Gasteiger partial charge in [-0.3, -0.25) is 0 Å². The summed E-state index contributed by atoms with van der Waals surface area (Å²) in [5, 5.41) is 0. The van der Waals surface area contributed by atoms with E-state index in [9.17, 15) is 0 Å². The predicted molar refractivity (Wildman–Crippen MR) is 85.2 cm³/mol. The van der Waals surface area contributed by atoms with Crippen LogP contribution in [0.1, 0.15) is 11.1 Å². The largest absolute Gasteiger partial charge is 0.493 e. The Morgan fingerprint density at radius 2 is 1.86 bits per heavy atom. The minimum Gasteiger partial charge on any atom is -0.493 e. The highest BCUT2D eigenvalue weighted by molar-refractivity contribution is 5.64. The Labute approximate surface area is 125 Å². The molecular formula is C17H20N2O2. The zero-order chi connectivity index (χ0) is 14.8. The first kappa shape index (κ1) is 13.6. The van der Waals surface area contributed by atoms with Crippen LogP contribution in [-0.4, -0.2) is 20.8 Å². The number of nitrogen functional groups attached to an aromatic ring is 1. The molecule has 0 aliphatic carbocycles. The highest BCUT2D eigenvalue weighted by Gasteiger charge is 2.19. The molecule has 2 N–H and O–H groups in total. The van der Waals surface area contributed by atoms with Gasteiger partial charge >= 0.3 is 0 Å². The van der Waals surface area contributed by atoms with Crippen LogP contribution in [-0.2, 0) is 13.0 Å². The average molecular weight is 284 g/mol. The van der Waals surface area contributed by atoms with Crippen molar-refractivity contribution in [2.45, 2.75) is 13.0 Å². The summed E-state index contributed by atoms with van der Waals surface area (Å²) in [7, 11) is 3.31. The van der Waals surface area contributed by atoms with E-state index in [4.69, 9.17) is 15.2 Å². The standard InChI is InChI=1S/C17H20N2O2/c1-20-16-6-3-12(9-17(16)21-2)11-19-8-7-13-4-5-14(18)10-15(13)19/h3-6,9-10H,7-8,11,18H2,1-2H3. The van der Waals surface area contributed by atoms with Crippen molar-refractivity contribution >= 4 is 11.4 Å². The highest BCUT2D eigenvalue weighted by atomic mass is 16.5. The monoisotopic (exact) mass is 284 g/mol. The number of nitrogens with zero attached hydrogens (tertiary/aromatic N) is 1. The fraction of sp³-hybridized carbons (Fsp3) is 0.294. The van der Waals surface area contributed by atoms with Crippen molar-refractivity contribution in [1.29, 1.82) is 0 Å². The Balaban J connectivity index is 1.84. The number of rotatable bonds is 4. The Hall–Kier alpha value is -2.36. The number of hydrogen-bond acceptors (Lipinski definition) is 4. The molecule has 110 valence electrons. The second kappa shape index (κ2) is 5.56. The van der Waals surface area contributed by atoms with Gasteiger partial charge in [-0.15, -0.1) is 0 Å². The third-order valence-corrected chi connectivity index (χ3v) is 3.92. The molecule has 0 saturated carbocycles. The number of methoxy groups -OCH3 is 2. The SMILES string of the molecule is COc1ccc(CN2CCc3ccc(N)cc32)cc1OC. The van der Waals surface area contributed by atoms with Crippen molar-refractivity contribution in [1.82, 2.24) is 0 Å². The molecule has 1 aliphatic heterocycles. The number of benzene rings is 2. The second-order valence-corrected chi connectivity index (χ2v) is 5.25. The molecule has 2 aromatic carbocycles. The molecule has 4 nitrogen and oxygen atoms in total. The van der Waals surface area contributed by atoms with Crippen molar-refractivity contribution in [2.75, 3.05) is 31.4 Å². The highest BCUT2D eigenvalue weighted by Crippen LogP contribution is 2.33. The number of fused-ring (bicyclic) bond motifs is 1. The molecule has 0 aromatic heterocycles. The molecule has 0 unspecified atom stereocenters. The fourth-order valence-corrected chi connectivity index (χ4v) is 2.83. The summed E-state index contributed by atoms with van der Waals surface area (Å²) >= 11 is 0. The van der Waals surface area contributed by atoms with Crippen molar-refractivity contribution in [3.05, 3.63) is 47.5 Å². The smallest absolute Gasteiger partial charge is 0.161 e. The van der Waals surface area contributed by atoms with Crippen LogP contribution in [0.3, 0.4) is 0 Å². The van der Waals surface area contributed by atoms with Crippen LogP contribution in [0.2, 0.25) is 0 Å². The molecule has 0 radical (unpaired) electrons. The third-order valence-electron chi connectivity index (χ3n) is 3.92. The second-order valence-electron chi connectivity index (χ2n) is 5.25. The molecule has 0 spiro atoms. The predicted octanol–water partition coefficient (Wildman–Crippen LogP) is 2.85. The third kappa shape index (κ3) is 2.61. The van der Waals surface area contributed by atoms with E-state index in [0.717, 1.165) is 36.7 Å². The maximum atomic E-state index is 5.91. The fourth-order valence-electron chi connectivity index (χ4n) is 2.83. The van der Waals surface area contributed by atoms with Crippen molar-refractivity contribution in [3.8, 4) is 11.5 Å². The zero-order valence-electron chi connectivity index (χ0n) is 12.4. The maximum absolute atomic E-state index is 5.91. The molecule has 3 rings (SSSR count). The minimum atomic E-state index is 0.757. The first-order chi connectivity index (χ1) is 10.2. The summed E-state index contributed by atoms with van der Waals surface area (Å²) in [6, 6.07) is 12.2. The maximum Gasteiger partial charge on any atom is 0.161 e. The van der Waals surface area contributed by atoms with Gasteiger partial charge in [-0.25, -0.2) is 0 Å². The molecule has 0 amide bonds. The van der Waals surface area contributed by atoms with Crippen molar-refractivity contribution in [2.24, 2.45) is 0 Å².